The Morgan fingerprint density at radius 3 is 1.27 bits per heavy atom. The van der Waals surface area contributed by atoms with Crippen LogP contribution in [0.5, 0.6) is 0 Å². The zero-order valence-electron chi connectivity index (χ0n) is 29.6. The Balaban J connectivity index is 1.31. The highest BCUT2D eigenvalue weighted by molar-refractivity contribution is 7.81. The normalized spacial score (nSPS) is 12.3. The van der Waals surface area contributed by atoms with E-state index in [1.165, 1.54) is 114 Å². The average Bonchev–Trinajstić information content (AvgIpc) is 3.13. The number of benzene rings is 4. The summed E-state index contributed by atoms with van der Waals surface area (Å²) in [7, 11) is 0. The molecule has 0 fully saturated rings. The van der Waals surface area contributed by atoms with Gasteiger partial charge in [-0.05, 0) is 59.1 Å². The fourth-order valence-electron chi connectivity index (χ4n) is 7.33. The zero-order chi connectivity index (χ0) is 33.6. The maximum absolute atomic E-state index is 14.2. The molecule has 4 aromatic rings. The van der Waals surface area contributed by atoms with E-state index >= 15 is 0 Å². The summed E-state index contributed by atoms with van der Waals surface area (Å²) in [5.74, 6) is 0.0698. The number of carbonyl (C=O) groups is 1. The molecule has 48 heavy (non-hydrogen) atoms. The molecule has 0 saturated carbocycles. The van der Waals surface area contributed by atoms with Crippen molar-refractivity contribution >= 4 is 22.9 Å². The van der Waals surface area contributed by atoms with Crippen molar-refractivity contribution in [3.63, 3.8) is 0 Å². The Bertz CT molecular complexity index is 1490. The maximum atomic E-state index is 14.2. The predicted octanol–water partition coefficient (Wildman–Crippen LogP) is 13.7. The van der Waals surface area contributed by atoms with Crippen molar-refractivity contribution in [3.8, 4) is 22.3 Å². The minimum absolute atomic E-state index is 0.0698. The van der Waals surface area contributed by atoms with Crippen molar-refractivity contribution in [3.05, 3.63) is 118 Å². The van der Waals surface area contributed by atoms with E-state index in [9.17, 15) is 4.79 Å². The van der Waals surface area contributed by atoms with Crippen LogP contribution >= 0.6 is 12.2 Å². The lowest BCUT2D eigenvalue weighted by atomic mass is 9.77. The van der Waals surface area contributed by atoms with Crippen LogP contribution in [0.15, 0.2) is 84.9 Å². The van der Waals surface area contributed by atoms with Crippen molar-refractivity contribution in [1.82, 2.24) is 0 Å². The van der Waals surface area contributed by atoms with Crippen LogP contribution in [0.1, 0.15) is 155 Å². The van der Waals surface area contributed by atoms with Crippen molar-refractivity contribution in [2.24, 2.45) is 0 Å². The number of thiocarbonyl (C=S) groups is 1. The number of aryl methyl sites for hydroxylation is 2. The van der Waals surface area contributed by atoms with E-state index in [-0.39, 0.29) is 5.78 Å². The summed E-state index contributed by atoms with van der Waals surface area (Å²) in [4.78, 5) is 15.0. The molecule has 0 spiro atoms. The minimum Gasteiger partial charge on any atom is -0.289 e. The number of ketones is 1. The summed E-state index contributed by atoms with van der Waals surface area (Å²) < 4.78 is 0. The maximum Gasteiger partial charge on any atom is 0.194 e. The fraction of sp³-hybridized carbons (Fsp3) is 0.435. The Morgan fingerprint density at radius 2 is 0.812 bits per heavy atom. The molecule has 0 atom stereocenters. The van der Waals surface area contributed by atoms with Crippen LogP contribution < -0.4 is 0 Å². The molecule has 0 unspecified atom stereocenters. The molecule has 1 aliphatic rings. The molecule has 0 heterocycles. The van der Waals surface area contributed by atoms with Gasteiger partial charge >= 0.3 is 0 Å². The molecule has 1 aliphatic carbocycles. The molecule has 0 aromatic heterocycles. The van der Waals surface area contributed by atoms with Gasteiger partial charge in [0.1, 0.15) is 0 Å². The highest BCUT2D eigenvalue weighted by Gasteiger charge is 2.32. The minimum atomic E-state index is 0.0698. The lowest BCUT2D eigenvalue weighted by molar-refractivity contribution is 0.103. The largest absolute Gasteiger partial charge is 0.289 e. The summed E-state index contributed by atoms with van der Waals surface area (Å²) >= 11 is 6.17. The third-order valence-corrected chi connectivity index (χ3v) is 10.7. The lowest BCUT2D eigenvalue weighted by Crippen LogP contribution is -2.22. The first kappa shape index (κ1) is 35.9. The van der Waals surface area contributed by atoms with E-state index in [1.807, 2.05) is 24.3 Å². The van der Waals surface area contributed by atoms with E-state index in [0.717, 1.165) is 56.7 Å². The van der Waals surface area contributed by atoms with Crippen molar-refractivity contribution in [2.75, 3.05) is 0 Å². The van der Waals surface area contributed by atoms with Crippen molar-refractivity contribution < 1.29 is 4.79 Å². The molecular weight excluding hydrogens is 601 g/mol. The molecule has 4 aromatic carbocycles. The van der Waals surface area contributed by atoms with Crippen molar-refractivity contribution in [1.29, 1.82) is 0 Å². The first-order chi connectivity index (χ1) is 23.6. The van der Waals surface area contributed by atoms with Crippen LogP contribution in [0.2, 0.25) is 0 Å². The summed E-state index contributed by atoms with van der Waals surface area (Å²) in [5.41, 5.74) is 10.2. The highest BCUT2D eigenvalue weighted by atomic mass is 32.1. The Hall–Kier alpha value is -3.36. The van der Waals surface area contributed by atoms with E-state index in [2.05, 4.69) is 74.5 Å². The molecule has 0 bridgehead atoms. The summed E-state index contributed by atoms with van der Waals surface area (Å²) in [6.07, 6.45) is 23.6. The smallest absolute Gasteiger partial charge is 0.194 e. The molecule has 1 nitrogen and oxygen atoms in total. The number of rotatable bonds is 20. The van der Waals surface area contributed by atoms with Crippen LogP contribution in [-0.4, -0.2) is 10.6 Å². The van der Waals surface area contributed by atoms with Crippen LogP contribution in [0, 0.1) is 0 Å². The number of hydrogen-bond acceptors (Lipinski definition) is 2. The number of hydrogen-bond donors (Lipinski definition) is 0. The molecule has 252 valence electrons. The molecule has 5 rings (SSSR count). The summed E-state index contributed by atoms with van der Waals surface area (Å²) in [6.45, 7) is 4.55. The molecular formula is C46H56OS. The summed E-state index contributed by atoms with van der Waals surface area (Å²) in [5, 5.41) is 0. The predicted molar refractivity (Wildman–Crippen MR) is 211 cm³/mol. The molecule has 0 aliphatic heterocycles. The topological polar surface area (TPSA) is 17.1 Å². The number of fused-ring (bicyclic) bond motifs is 2. The van der Waals surface area contributed by atoms with Crippen molar-refractivity contribution in [2.45, 2.75) is 129 Å². The van der Waals surface area contributed by atoms with Crippen LogP contribution in [-0.2, 0) is 12.8 Å². The molecule has 0 saturated heterocycles. The van der Waals surface area contributed by atoms with E-state index in [0.29, 0.717) is 5.56 Å². The highest BCUT2D eigenvalue weighted by Crippen LogP contribution is 2.40. The Kier molecular flexibility index (Phi) is 14.2. The Labute approximate surface area is 296 Å². The van der Waals surface area contributed by atoms with Gasteiger partial charge in [0, 0.05) is 22.3 Å². The van der Waals surface area contributed by atoms with Gasteiger partial charge in [-0.1, -0.05) is 201 Å². The molecule has 0 N–H and O–H groups in total. The third kappa shape index (κ3) is 9.41. The zero-order valence-corrected chi connectivity index (χ0v) is 30.4. The molecule has 0 amide bonds. The second-order valence-electron chi connectivity index (χ2n) is 14.0. The quantitative estimate of drug-likeness (QED) is 0.0612. The standard InChI is InChI=1S/C46H56OS/c1-3-5-7-9-11-13-15-17-21-35-25-29-37(30-26-35)39-33-34-40(44-43(39)45(47)41-23-19-20-24-42(41)46(44)48)38-31-27-36(28-32-38)22-18-16-14-12-10-8-6-4-2/h19-20,23-34H,3-18,21-22H2,1-2H3. The van der Waals surface area contributed by atoms with Gasteiger partial charge in [-0.2, -0.15) is 0 Å². The van der Waals surface area contributed by atoms with Crippen LogP contribution in [0.25, 0.3) is 22.3 Å². The second kappa shape index (κ2) is 19.0. The molecule has 2 heteroatoms. The van der Waals surface area contributed by atoms with Gasteiger partial charge in [0.05, 0.1) is 4.86 Å². The fourth-order valence-corrected chi connectivity index (χ4v) is 7.72. The van der Waals surface area contributed by atoms with Gasteiger partial charge in [-0.3, -0.25) is 4.79 Å². The van der Waals surface area contributed by atoms with E-state index in [4.69, 9.17) is 12.2 Å². The molecule has 0 radical (unpaired) electrons. The number of carbonyl (C=O) groups excluding carboxylic acids is 1. The van der Waals surface area contributed by atoms with Gasteiger partial charge < -0.3 is 0 Å². The average molecular weight is 657 g/mol. The monoisotopic (exact) mass is 656 g/mol. The van der Waals surface area contributed by atoms with Gasteiger partial charge in [-0.15, -0.1) is 0 Å². The Morgan fingerprint density at radius 1 is 0.417 bits per heavy atom. The lowest BCUT2D eigenvalue weighted by Gasteiger charge is -2.25. The number of unbranched alkanes of at least 4 members (excludes halogenated alkanes) is 14. The van der Waals surface area contributed by atoms with Gasteiger partial charge in [0.25, 0.3) is 0 Å². The first-order valence-corrected chi connectivity index (χ1v) is 19.6. The SMILES string of the molecule is CCCCCCCCCCc1ccc(-c2ccc(-c3ccc(CCCCCCCCCC)cc3)c3c2C(=O)c2ccccc2C3=S)cc1. The van der Waals surface area contributed by atoms with E-state index < -0.39 is 0 Å². The van der Waals surface area contributed by atoms with Gasteiger partial charge in [0.15, 0.2) is 5.78 Å². The van der Waals surface area contributed by atoms with Gasteiger partial charge in [-0.25, -0.2) is 0 Å². The van der Waals surface area contributed by atoms with Crippen LogP contribution in [0.4, 0.5) is 0 Å². The third-order valence-electron chi connectivity index (χ3n) is 10.2. The second-order valence-corrected chi connectivity index (χ2v) is 14.4. The summed E-state index contributed by atoms with van der Waals surface area (Å²) in [6, 6.07) is 30.1. The first-order valence-electron chi connectivity index (χ1n) is 19.2. The van der Waals surface area contributed by atoms with Gasteiger partial charge in [0.2, 0.25) is 0 Å². The van der Waals surface area contributed by atoms with E-state index in [1.54, 1.807) is 0 Å². The van der Waals surface area contributed by atoms with Crippen LogP contribution in [0.3, 0.4) is 0 Å².